The van der Waals surface area contributed by atoms with Crippen molar-refractivity contribution in [2.45, 2.75) is 26.4 Å². The van der Waals surface area contributed by atoms with Crippen molar-refractivity contribution in [3.63, 3.8) is 0 Å². The maximum atomic E-state index is 12.6. The molecule has 0 saturated carbocycles. The Morgan fingerprint density at radius 1 is 0.649 bits per heavy atom. The lowest BCUT2D eigenvalue weighted by Crippen LogP contribution is -2.22. The second-order valence-electron chi connectivity index (χ2n) is 9.29. The van der Waals surface area contributed by atoms with E-state index < -0.39 is 0 Å². The molecule has 3 rings (SSSR count). The van der Waals surface area contributed by atoms with Crippen LogP contribution >= 0.6 is 0 Å². The molecule has 0 amide bonds. The molecule has 3 aromatic carbocycles. The Balaban J connectivity index is 1.80. The number of carbonyl (C=O) groups is 1. The van der Waals surface area contributed by atoms with E-state index in [0.717, 1.165) is 33.8 Å². The molecule has 0 N–H and O–H groups in total. The average molecular weight is 499 g/mol. The Hall–Kier alpha value is -4.25. The van der Waals surface area contributed by atoms with Gasteiger partial charge in [-0.3, -0.25) is 4.79 Å². The minimum atomic E-state index is -0.261. The molecule has 0 aliphatic heterocycles. The van der Waals surface area contributed by atoms with Crippen LogP contribution in [-0.2, 0) is 4.79 Å². The van der Waals surface area contributed by atoms with Crippen LogP contribution in [0.3, 0.4) is 0 Å². The molecule has 5 heteroatoms. The zero-order valence-electron chi connectivity index (χ0n) is 22.3. The molecule has 0 fully saturated rings. The van der Waals surface area contributed by atoms with Crippen LogP contribution in [0.2, 0.25) is 0 Å². The molecule has 0 aliphatic carbocycles. The van der Waals surface area contributed by atoms with E-state index in [4.69, 9.17) is 18.9 Å². The Bertz CT molecular complexity index is 1270. The van der Waals surface area contributed by atoms with Crippen molar-refractivity contribution in [1.82, 2.24) is 0 Å². The van der Waals surface area contributed by atoms with Crippen molar-refractivity contribution in [1.29, 1.82) is 0 Å². The van der Waals surface area contributed by atoms with Crippen molar-refractivity contribution in [2.24, 2.45) is 0 Å². The zero-order chi connectivity index (χ0) is 26.8. The number of methoxy groups -OCH3 is 3. The number of ketones is 1. The summed E-state index contributed by atoms with van der Waals surface area (Å²) in [5, 5.41) is 0. The summed E-state index contributed by atoms with van der Waals surface area (Å²) in [6.07, 6.45) is 10.6. The molecular formula is C32H34O5. The molecule has 0 aromatic heterocycles. The van der Waals surface area contributed by atoms with Crippen LogP contribution in [0.4, 0.5) is 0 Å². The summed E-state index contributed by atoms with van der Waals surface area (Å²) in [4.78, 5) is 12.6. The summed E-state index contributed by atoms with van der Waals surface area (Å²) in [6.45, 7) is 6.01. The molecule has 0 unspecified atom stereocenters. The lowest BCUT2D eigenvalue weighted by molar-refractivity contribution is -0.110. The lowest BCUT2D eigenvalue weighted by Gasteiger charge is -2.21. The maximum absolute atomic E-state index is 12.6. The van der Waals surface area contributed by atoms with E-state index >= 15 is 0 Å². The highest BCUT2D eigenvalue weighted by Gasteiger charge is 2.11. The molecule has 0 heterocycles. The highest BCUT2D eigenvalue weighted by atomic mass is 16.5. The highest BCUT2D eigenvalue weighted by Crippen LogP contribution is 2.31. The molecule has 5 nitrogen and oxygen atoms in total. The van der Waals surface area contributed by atoms with E-state index in [1.54, 1.807) is 45.6 Å². The lowest BCUT2D eigenvalue weighted by atomic mass is 10.0. The largest absolute Gasteiger partial charge is 0.497 e. The van der Waals surface area contributed by atoms with Crippen molar-refractivity contribution in [2.75, 3.05) is 21.3 Å². The van der Waals surface area contributed by atoms with Gasteiger partial charge in [-0.25, -0.2) is 0 Å². The van der Waals surface area contributed by atoms with E-state index in [1.165, 1.54) is 6.08 Å². The quantitative estimate of drug-likeness (QED) is 0.216. The first kappa shape index (κ1) is 27.3. The minimum Gasteiger partial charge on any atom is -0.497 e. The second kappa shape index (κ2) is 12.6. The smallest absolute Gasteiger partial charge is 0.178 e. The number of carbonyl (C=O) groups excluding carboxylic acids is 1. The monoisotopic (exact) mass is 498 g/mol. The predicted octanol–water partition coefficient (Wildman–Crippen LogP) is 7.36. The molecule has 0 saturated heterocycles. The van der Waals surface area contributed by atoms with E-state index in [0.29, 0.717) is 11.5 Å². The van der Waals surface area contributed by atoms with Gasteiger partial charge in [0.1, 0.15) is 28.6 Å². The fourth-order valence-electron chi connectivity index (χ4n) is 3.53. The molecule has 0 aliphatic rings. The zero-order valence-corrected chi connectivity index (χ0v) is 22.3. The van der Waals surface area contributed by atoms with Crippen LogP contribution < -0.4 is 18.9 Å². The van der Waals surface area contributed by atoms with Gasteiger partial charge >= 0.3 is 0 Å². The number of hydrogen-bond donors (Lipinski definition) is 0. The van der Waals surface area contributed by atoms with Gasteiger partial charge in [0.05, 0.1) is 21.3 Å². The van der Waals surface area contributed by atoms with Crippen molar-refractivity contribution in [3.8, 4) is 23.0 Å². The summed E-state index contributed by atoms with van der Waals surface area (Å²) >= 11 is 0. The van der Waals surface area contributed by atoms with E-state index in [1.807, 2.05) is 87.5 Å². The normalized spacial score (nSPS) is 11.8. The van der Waals surface area contributed by atoms with E-state index in [-0.39, 0.29) is 11.4 Å². The Labute approximate surface area is 219 Å². The van der Waals surface area contributed by atoms with Crippen molar-refractivity contribution in [3.05, 3.63) is 95.1 Å². The van der Waals surface area contributed by atoms with Crippen LogP contribution in [0.15, 0.2) is 72.8 Å². The minimum absolute atomic E-state index is 0.141. The van der Waals surface area contributed by atoms with Crippen molar-refractivity contribution < 1.29 is 23.7 Å². The first-order chi connectivity index (χ1) is 17.7. The molecule has 0 radical (unpaired) electrons. The number of hydrogen-bond acceptors (Lipinski definition) is 5. The number of benzene rings is 3. The summed E-state index contributed by atoms with van der Waals surface area (Å²) in [6, 6.07) is 19.1. The Morgan fingerprint density at radius 3 is 1.78 bits per heavy atom. The fraction of sp³-hybridized carbons (Fsp3) is 0.219. The molecule has 37 heavy (non-hydrogen) atoms. The summed E-state index contributed by atoms with van der Waals surface area (Å²) in [5.41, 5.74) is 3.29. The van der Waals surface area contributed by atoms with Gasteiger partial charge in [0.15, 0.2) is 5.78 Å². The van der Waals surface area contributed by atoms with Gasteiger partial charge in [0.25, 0.3) is 0 Å². The van der Waals surface area contributed by atoms with Crippen LogP contribution in [0, 0.1) is 0 Å². The average Bonchev–Trinajstić information content (AvgIpc) is 2.89. The van der Waals surface area contributed by atoms with Crippen LogP contribution in [-0.4, -0.2) is 32.7 Å². The molecule has 0 spiro atoms. The summed E-state index contributed by atoms with van der Waals surface area (Å²) in [7, 11) is 4.84. The summed E-state index contributed by atoms with van der Waals surface area (Å²) in [5.74, 6) is 2.71. The Morgan fingerprint density at radius 2 is 1.22 bits per heavy atom. The van der Waals surface area contributed by atoms with Crippen LogP contribution in [0.1, 0.15) is 43.0 Å². The number of allylic oxidation sites excluding steroid dienone is 2. The first-order valence-electron chi connectivity index (χ1n) is 12.0. The maximum Gasteiger partial charge on any atom is 0.178 e. The van der Waals surface area contributed by atoms with Gasteiger partial charge in [-0.05, 0) is 86.0 Å². The summed E-state index contributed by atoms with van der Waals surface area (Å²) < 4.78 is 22.1. The molecule has 3 aromatic rings. The number of rotatable bonds is 10. The van der Waals surface area contributed by atoms with E-state index in [9.17, 15) is 4.79 Å². The van der Waals surface area contributed by atoms with Gasteiger partial charge in [0, 0.05) is 11.6 Å². The van der Waals surface area contributed by atoms with Crippen LogP contribution in [0.5, 0.6) is 23.0 Å². The Kier molecular flexibility index (Phi) is 9.33. The first-order valence-corrected chi connectivity index (χ1v) is 12.0. The SMILES string of the molecule is COc1ccc(/C=C/c2cc(OC)cc(OC)c2/C=C/C(=O)/C=C/c2ccc(OC(C)(C)C)cc2)cc1. The van der Waals surface area contributed by atoms with Gasteiger partial charge in [-0.1, -0.05) is 42.5 Å². The second-order valence-corrected chi connectivity index (χ2v) is 9.29. The van der Waals surface area contributed by atoms with E-state index in [2.05, 4.69) is 0 Å². The molecule has 192 valence electrons. The van der Waals surface area contributed by atoms with Gasteiger partial charge < -0.3 is 18.9 Å². The molecule has 0 atom stereocenters. The third-order valence-electron chi connectivity index (χ3n) is 5.33. The van der Waals surface area contributed by atoms with Gasteiger partial charge in [-0.15, -0.1) is 0 Å². The molecular weight excluding hydrogens is 464 g/mol. The highest BCUT2D eigenvalue weighted by molar-refractivity contribution is 6.05. The fourth-order valence-corrected chi connectivity index (χ4v) is 3.53. The van der Waals surface area contributed by atoms with Gasteiger partial charge in [-0.2, -0.15) is 0 Å². The third-order valence-corrected chi connectivity index (χ3v) is 5.33. The molecule has 0 bridgehead atoms. The van der Waals surface area contributed by atoms with Crippen molar-refractivity contribution >= 4 is 30.1 Å². The predicted molar refractivity (Wildman–Crippen MR) is 151 cm³/mol. The topological polar surface area (TPSA) is 54.0 Å². The van der Waals surface area contributed by atoms with Crippen LogP contribution in [0.25, 0.3) is 24.3 Å². The number of ether oxygens (including phenoxy) is 4. The standard InChI is InChI=1S/C32H34O5/c1-32(2,3)37-28-18-11-24(12-19-28)8-14-26(33)15-20-30-25(21-29(35-5)22-31(30)36-6)13-7-23-9-16-27(34-4)17-10-23/h7-22H,1-6H3/b13-7+,14-8+,20-15+. The third kappa shape index (κ3) is 8.43. The van der Waals surface area contributed by atoms with Gasteiger partial charge in [0.2, 0.25) is 0 Å².